The molecule has 2 heteroatoms. The van der Waals surface area contributed by atoms with Crippen molar-refractivity contribution in [2.24, 2.45) is 0 Å². The van der Waals surface area contributed by atoms with Crippen LogP contribution in [0.4, 0.5) is 0 Å². The first-order valence-electron chi connectivity index (χ1n) is 7.04. The van der Waals surface area contributed by atoms with Gasteiger partial charge in [0, 0.05) is 0 Å². The Kier molecular flexibility index (Phi) is 4.43. The Morgan fingerprint density at radius 3 is 2.42 bits per heavy atom. The van der Waals surface area contributed by atoms with Crippen molar-refractivity contribution in [1.82, 2.24) is 5.32 Å². The van der Waals surface area contributed by atoms with E-state index in [9.17, 15) is 0 Å². The van der Waals surface area contributed by atoms with E-state index >= 15 is 0 Å². The van der Waals surface area contributed by atoms with E-state index < -0.39 is 0 Å². The number of rotatable bonds is 5. The SMILES string of the molecule is CCc1ccc(CC)c(C(NC)c2ccc(C)o2)c1. The normalized spacial score (nSPS) is 12.6. The molecule has 0 bridgehead atoms. The topological polar surface area (TPSA) is 25.2 Å². The second kappa shape index (κ2) is 6.07. The van der Waals surface area contributed by atoms with Crippen molar-refractivity contribution >= 4 is 0 Å². The highest BCUT2D eigenvalue weighted by Gasteiger charge is 2.18. The Labute approximate surface area is 115 Å². The van der Waals surface area contributed by atoms with Gasteiger partial charge in [-0.3, -0.25) is 0 Å². The Balaban J connectivity index is 2.47. The van der Waals surface area contributed by atoms with Crippen LogP contribution in [0.15, 0.2) is 34.7 Å². The fraction of sp³-hybridized carbons (Fsp3) is 0.412. The number of nitrogens with one attached hydrogen (secondary N) is 1. The van der Waals surface area contributed by atoms with Crippen LogP contribution in [0.2, 0.25) is 0 Å². The third kappa shape index (κ3) is 2.90. The minimum Gasteiger partial charge on any atom is -0.464 e. The number of aryl methyl sites for hydroxylation is 3. The molecule has 0 aliphatic heterocycles. The van der Waals surface area contributed by atoms with Gasteiger partial charge in [0.15, 0.2) is 0 Å². The predicted molar refractivity (Wildman–Crippen MR) is 79.5 cm³/mol. The van der Waals surface area contributed by atoms with E-state index in [1.54, 1.807) is 0 Å². The second-order valence-electron chi connectivity index (χ2n) is 4.91. The summed E-state index contributed by atoms with van der Waals surface area (Å²) in [6, 6.07) is 11.0. The van der Waals surface area contributed by atoms with E-state index in [1.165, 1.54) is 16.7 Å². The van der Waals surface area contributed by atoms with Crippen LogP contribution in [-0.4, -0.2) is 7.05 Å². The van der Waals surface area contributed by atoms with E-state index in [0.717, 1.165) is 24.4 Å². The first kappa shape index (κ1) is 13.9. The van der Waals surface area contributed by atoms with E-state index in [-0.39, 0.29) is 6.04 Å². The number of hydrogen-bond acceptors (Lipinski definition) is 2. The van der Waals surface area contributed by atoms with Gasteiger partial charge in [0.2, 0.25) is 0 Å². The first-order valence-corrected chi connectivity index (χ1v) is 7.04. The summed E-state index contributed by atoms with van der Waals surface area (Å²) in [7, 11) is 1.99. The highest BCUT2D eigenvalue weighted by molar-refractivity contribution is 5.38. The van der Waals surface area contributed by atoms with Gasteiger partial charge in [-0.1, -0.05) is 32.0 Å². The number of furan rings is 1. The van der Waals surface area contributed by atoms with Crippen molar-refractivity contribution in [3.05, 3.63) is 58.5 Å². The van der Waals surface area contributed by atoms with E-state index in [4.69, 9.17) is 4.42 Å². The molecule has 0 aliphatic rings. The molecule has 0 saturated carbocycles. The van der Waals surface area contributed by atoms with Crippen LogP contribution >= 0.6 is 0 Å². The molecule has 1 unspecified atom stereocenters. The summed E-state index contributed by atoms with van der Waals surface area (Å²) in [5.41, 5.74) is 4.08. The van der Waals surface area contributed by atoms with E-state index in [1.807, 2.05) is 20.0 Å². The second-order valence-corrected chi connectivity index (χ2v) is 4.91. The lowest BCUT2D eigenvalue weighted by molar-refractivity contribution is 0.443. The van der Waals surface area contributed by atoms with Crippen molar-refractivity contribution in [1.29, 1.82) is 0 Å². The molecule has 0 fully saturated rings. The molecule has 19 heavy (non-hydrogen) atoms. The van der Waals surface area contributed by atoms with Gasteiger partial charge in [-0.2, -0.15) is 0 Å². The molecule has 0 aliphatic carbocycles. The Morgan fingerprint density at radius 1 is 1.11 bits per heavy atom. The summed E-state index contributed by atoms with van der Waals surface area (Å²) in [5.74, 6) is 1.95. The van der Waals surface area contributed by atoms with Crippen LogP contribution in [0.1, 0.15) is 48.1 Å². The quantitative estimate of drug-likeness (QED) is 0.875. The smallest absolute Gasteiger partial charge is 0.125 e. The molecule has 1 heterocycles. The molecule has 0 amide bonds. The Morgan fingerprint density at radius 2 is 1.89 bits per heavy atom. The average molecular weight is 257 g/mol. The zero-order valence-electron chi connectivity index (χ0n) is 12.3. The molecule has 102 valence electrons. The Bertz CT molecular complexity index is 542. The summed E-state index contributed by atoms with van der Waals surface area (Å²) in [6.45, 7) is 6.38. The molecule has 0 saturated heterocycles. The van der Waals surface area contributed by atoms with Gasteiger partial charge in [-0.25, -0.2) is 0 Å². The van der Waals surface area contributed by atoms with Gasteiger partial charge in [-0.15, -0.1) is 0 Å². The standard InChI is InChI=1S/C17H23NO/c1-5-13-8-9-14(6-2)15(11-13)17(18-4)16-10-7-12(3)19-16/h7-11,17-18H,5-6H2,1-4H3. The predicted octanol–water partition coefficient (Wildman–Crippen LogP) is 4.02. The van der Waals surface area contributed by atoms with Gasteiger partial charge in [0.25, 0.3) is 0 Å². The molecule has 2 nitrogen and oxygen atoms in total. The highest BCUT2D eigenvalue weighted by atomic mass is 16.3. The van der Waals surface area contributed by atoms with Crippen LogP contribution in [-0.2, 0) is 12.8 Å². The lowest BCUT2D eigenvalue weighted by Crippen LogP contribution is -2.19. The van der Waals surface area contributed by atoms with Gasteiger partial charge < -0.3 is 9.73 Å². The third-order valence-corrected chi connectivity index (χ3v) is 3.64. The summed E-state index contributed by atoms with van der Waals surface area (Å²) in [4.78, 5) is 0. The maximum atomic E-state index is 5.80. The maximum Gasteiger partial charge on any atom is 0.125 e. The summed E-state index contributed by atoms with van der Waals surface area (Å²) in [6.07, 6.45) is 2.10. The molecule has 1 N–H and O–H groups in total. The van der Waals surface area contributed by atoms with Crippen LogP contribution in [0.5, 0.6) is 0 Å². The zero-order chi connectivity index (χ0) is 13.8. The molecule has 2 aromatic rings. The van der Waals surface area contributed by atoms with E-state index in [0.29, 0.717) is 0 Å². The summed E-state index contributed by atoms with van der Waals surface area (Å²) in [5, 5.41) is 3.38. The van der Waals surface area contributed by atoms with Crippen molar-refractivity contribution in [2.75, 3.05) is 7.05 Å². The monoisotopic (exact) mass is 257 g/mol. The van der Waals surface area contributed by atoms with Crippen molar-refractivity contribution in [2.45, 2.75) is 39.7 Å². The minimum absolute atomic E-state index is 0.134. The molecule has 1 aromatic carbocycles. The van der Waals surface area contributed by atoms with E-state index in [2.05, 4.69) is 43.4 Å². The molecular formula is C17H23NO. The molecule has 0 spiro atoms. The maximum absolute atomic E-state index is 5.80. The number of benzene rings is 1. The number of hydrogen-bond donors (Lipinski definition) is 1. The first-order chi connectivity index (χ1) is 9.19. The van der Waals surface area contributed by atoms with Gasteiger partial charge >= 0.3 is 0 Å². The lowest BCUT2D eigenvalue weighted by Gasteiger charge is -2.19. The van der Waals surface area contributed by atoms with Crippen molar-refractivity contribution < 1.29 is 4.42 Å². The fourth-order valence-corrected chi connectivity index (χ4v) is 2.51. The lowest BCUT2D eigenvalue weighted by atomic mass is 9.94. The van der Waals surface area contributed by atoms with Crippen LogP contribution < -0.4 is 5.32 Å². The van der Waals surface area contributed by atoms with Gasteiger partial charge in [0.05, 0.1) is 6.04 Å². The van der Waals surface area contributed by atoms with Crippen molar-refractivity contribution in [3.63, 3.8) is 0 Å². The van der Waals surface area contributed by atoms with Crippen LogP contribution in [0, 0.1) is 6.92 Å². The fourth-order valence-electron chi connectivity index (χ4n) is 2.51. The van der Waals surface area contributed by atoms with Gasteiger partial charge in [0.1, 0.15) is 11.5 Å². The van der Waals surface area contributed by atoms with Crippen LogP contribution in [0.25, 0.3) is 0 Å². The molecular weight excluding hydrogens is 234 g/mol. The summed E-state index contributed by atoms with van der Waals surface area (Å²) < 4.78 is 5.80. The minimum atomic E-state index is 0.134. The van der Waals surface area contributed by atoms with Crippen molar-refractivity contribution in [3.8, 4) is 0 Å². The zero-order valence-corrected chi connectivity index (χ0v) is 12.3. The highest BCUT2D eigenvalue weighted by Crippen LogP contribution is 2.27. The van der Waals surface area contributed by atoms with Gasteiger partial charge in [-0.05, 0) is 55.6 Å². The molecule has 1 atom stereocenters. The molecule has 0 radical (unpaired) electrons. The third-order valence-electron chi connectivity index (χ3n) is 3.64. The Hall–Kier alpha value is -1.54. The average Bonchev–Trinajstić information content (AvgIpc) is 2.86. The molecule has 2 rings (SSSR count). The van der Waals surface area contributed by atoms with Crippen LogP contribution in [0.3, 0.4) is 0 Å². The molecule has 1 aromatic heterocycles. The largest absolute Gasteiger partial charge is 0.464 e. The summed E-state index contributed by atoms with van der Waals surface area (Å²) >= 11 is 0.